The van der Waals surface area contributed by atoms with Crippen LogP contribution in [0.15, 0.2) is 152 Å². The second kappa shape index (κ2) is 14.9. The molecule has 2 heterocycles. The summed E-state index contributed by atoms with van der Waals surface area (Å²) in [5.41, 5.74) is 9.32. The Hall–Kier alpha value is -4.94. The van der Waals surface area contributed by atoms with Gasteiger partial charge in [0.15, 0.2) is 0 Å². The molecule has 0 spiro atoms. The zero-order valence-corrected chi connectivity index (χ0v) is 27.7. The van der Waals surface area contributed by atoms with E-state index >= 15 is 0 Å². The number of fused-ring (bicyclic) bond motifs is 1. The van der Waals surface area contributed by atoms with Gasteiger partial charge in [-0.2, -0.15) is 0 Å². The minimum atomic E-state index is 0.893. The van der Waals surface area contributed by atoms with E-state index in [1.54, 1.807) is 0 Å². The van der Waals surface area contributed by atoms with Crippen molar-refractivity contribution in [3.8, 4) is 44.2 Å². The molecule has 0 unspecified atom stereocenters. The lowest BCUT2D eigenvalue weighted by Gasteiger charge is -2.21. The fourth-order valence-electron chi connectivity index (χ4n) is 6.18. The van der Waals surface area contributed by atoms with Crippen molar-refractivity contribution in [3.05, 3.63) is 173 Å². The Morgan fingerprint density at radius 2 is 1.22 bits per heavy atom. The molecule has 0 saturated heterocycles. The van der Waals surface area contributed by atoms with Crippen molar-refractivity contribution in [2.75, 3.05) is 0 Å². The smallest absolute Gasteiger partial charge is 0.0449 e. The molecule has 0 saturated carbocycles. The zero-order chi connectivity index (χ0) is 31.7. The van der Waals surface area contributed by atoms with Gasteiger partial charge in [0.2, 0.25) is 0 Å². The van der Waals surface area contributed by atoms with Gasteiger partial charge < -0.3 is 0 Å². The lowest BCUT2D eigenvalue weighted by molar-refractivity contribution is 1.19. The van der Waals surface area contributed by atoms with Gasteiger partial charge in [0, 0.05) is 19.5 Å². The molecule has 1 aliphatic carbocycles. The number of rotatable bonds is 8. The molecule has 2 aromatic heterocycles. The van der Waals surface area contributed by atoms with Crippen LogP contribution in [0.25, 0.3) is 47.7 Å². The molecule has 0 amide bonds. The first-order valence-electron chi connectivity index (χ1n) is 15.6. The van der Waals surface area contributed by atoms with Crippen molar-refractivity contribution in [2.45, 2.75) is 26.2 Å². The summed E-state index contributed by atoms with van der Waals surface area (Å²) in [5.74, 6) is 0. The second-order valence-electron chi connectivity index (χ2n) is 11.1. The van der Waals surface area contributed by atoms with Crippen molar-refractivity contribution in [1.29, 1.82) is 0 Å². The van der Waals surface area contributed by atoms with E-state index in [4.69, 9.17) is 0 Å². The minimum absolute atomic E-state index is 0.893. The summed E-state index contributed by atoms with van der Waals surface area (Å²) < 4.78 is 0. The molecular weight excluding hydrogens is 593 g/mol. The van der Waals surface area contributed by atoms with Crippen molar-refractivity contribution >= 4 is 39.0 Å². The molecule has 0 bridgehead atoms. The van der Waals surface area contributed by atoms with Crippen molar-refractivity contribution in [2.24, 2.45) is 0 Å². The molecule has 46 heavy (non-hydrogen) atoms. The first-order valence-corrected chi connectivity index (χ1v) is 17.3. The van der Waals surface area contributed by atoms with Gasteiger partial charge >= 0.3 is 0 Å². The van der Waals surface area contributed by atoms with Gasteiger partial charge in [-0.25, -0.2) is 0 Å². The Morgan fingerprint density at radius 3 is 1.98 bits per heavy atom. The van der Waals surface area contributed by atoms with Crippen LogP contribution in [-0.4, -0.2) is 0 Å². The maximum atomic E-state index is 4.00. The topological polar surface area (TPSA) is 0 Å². The molecule has 2 heteroatoms. The lowest BCUT2D eigenvalue weighted by atomic mass is 9.82. The van der Waals surface area contributed by atoms with Gasteiger partial charge in [-0.3, -0.25) is 0 Å². The summed E-state index contributed by atoms with van der Waals surface area (Å²) in [5, 5.41) is 2.64. The molecule has 6 aromatic rings. The number of hydrogen-bond donors (Lipinski definition) is 0. The Kier molecular flexibility index (Phi) is 10.1. The number of terminal acetylenes is 1. The summed E-state index contributed by atoms with van der Waals surface area (Å²) in [6.45, 7) is 2.31. The van der Waals surface area contributed by atoms with Crippen LogP contribution in [0.2, 0.25) is 0 Å². The standard InChI is InChI=1S/C42H34S2.C2H2/c1-30-35(23-13-12-22-34-26-27-39(43-34)40-29-28-38(44-40)31-16-8-4-9-17-31)42(33-20-6-2-3-7-21-33)37-25-15-14-24-36(37)41(30)32-18-10-5-11-19-32;1-2/h2,4-21,24-29H,3,22-23H2,1H3;1-2H/b13-12-;. The minimum Gasteiger partial charge on any atom is -0.139 e. The zero-order valence-electron chi connectivity index (χ0n) is 26.0. The fourth-order valence-corrected chi connectivity index (χ4v) is 8.26. The van der Waals surface area contributed by atoms with Crippen LogP contribution in [0.4, 0.5) is 0 Å². The molecule has 0 N–H and O–H groups in total. The van der Waals surface area contributed by atoms with Crippen molar-refractivity contribution in [1.82, 2.24) is 0 Å². The molecule has 7 rings (SSSR count). The van der Waals surface area contributed by atoms with Gasteiger partial charge in [0.1, 0.15) is 0 Å². The van der Waals surface area contributed by atoms with E-state index in [2.05, 4.69) is 171 Å². The molecule has 0 nitrogen and oxygen atoms in total. The average Bonchev–Trinajstić information content (AvgIpc) is 3.72. The van der Waals surface area contributed by atoms with Crippen LogP contribution < -0.4 is 0 Å². The Balaban J connectivity index is 0.00000182. The number of benzene rings is 4. The van der Waals surface area contributed by atoms with Gasteiger partial charge in [0.05, 0.1) is 0 Å². The number of allylic oxidation sites excluding steroid dienone is 8. The Morgan fingerprint density at radius 1 is 0.609 bits per heavy atom. The average molecular weight is 629 g/mol. The molecule has 0 fully saturated rings. The molecule has 1 aliphatic rings. The number of hydrogen-bond acceptors (Lipinski definition) is 2. The predicted molar refractivity (Wildman–Crippen MR) is 205 cm³/mol. The van der Waals surface area contributed by atoms with E-state index in [0.717, 1.165) is 19.3 Å². The van der Waals surface area contributed by atoms with Gasteiger partial charge in [-0.05, 0) is 100 Å². The fraction of sp³-hybridized carbons (Fsp3) is 0.0909. The maximum Gasteiger partial charge on any atom is 0.0449 e. The molecule has 0 aliphatic heterocycles. The summed E-state index contributed by atoms with van der Waals surface area (Å²) in [7, 11) is 0. The van der Waals surface area contributed by atoms with Gasteiger partial charge in [0.25, 0.3) is 0 Å². The van der Waals surface area contributed by atoms with Crippen LogP contribution in [-0.2, 0) is 12.8 Å². The summed E-state index contributed by atoms with van der Waals surface area (Å²) in [4.78, 5) is 5.40. The van der Waals surface area contributed by atoms with Crippen molar-refractivity contribution in [3.63, 3.8) is 0 Å². The molecule has 4 aromatic carbocycles. The van der Waals surface area contributed by atoms with Crippen LogP contribution in [0.1, 0.15) is 28.0 Å². The van der Waals surface area contributed by atoms with E-state index in [1.807, 2.05) is 22.7 Å². The van der Waals surface area contributed by atoms with Crippen molar-refractivity contribution < 1.29 is 0 Å². The third kappa shape index (κ3) is 6.68. The van der Waals surface area contributed by atoms with Crippen LogP contribution in [0.3, 0.4) is 0 Å². The maximum absolute atomic E-state index is 4.00. The highest BCUT2D eigenvalue weighted by molar-refractivity contribution is 7.23. The molecule has 224 valence electrons. The van der Waals surface area contributed by atoms with Crippen LogP contribution in [0, 0.1) is 19.8 Å². The Labute approximate surface area is 281 Å². The van der Waals surface area contributed by atoms with Crippen LogP contribution in [0.5, 0.6) is 0 Å². The lowest BCUT2D eigenvalue weighted by Crippen LogP contribution is -2.01. The first kappa shape index (κ1) is 31.1. The quantitative estimate of drug-likeness (QED) is 0.116. The second-order valence-corrected chi connectivity index (χ2v) is 13.4. The summed E-state index contributed by atoms with van der Waals surface area (Å²) in [6.07, 6.45) is 26.8. The summed E-state index contributed by atoms with van der Waals surface area (Å²) in [6, 6.07) is 39.6. The first-order chi connectivity index (χ1) is 22.8. The Bertz CT molecular complexity index is 2080. The normalized spacial score (nSPS) is 12.5. The van der Waals surface area contributed by atoms with Crippen LogP contribution >= 0.6 is 22.7 Å². The predicted octanol–water partition coefficient (Wildman–Crippen LogP) is 12.8. The van der Waals surface area contributed by atoms with E-state index in [-0.39, 0.29) is 0 Å². The monoisotopic (exact) mass is 628 g/mol. The van der Waals surface area contributed by atoms with Gasteiger partial charge in [-0.15, -0.1) is 35.5 Å². The van der Waals surface area contributed by atoms with E-state index in [0.29, 0.717) is 0 Å². The van der Waals surface area contributed by atoms with E-state index in [9.17, 15) is 0 Å². The van der Waals surface area contributed by atoms with Gasteiger partial charge in [-0.1, -0.05) is 127 Å². The molecular formula is C44H36S2. The SMILES string of the molecule is C#C.Cc1c(C/C=C\Cc2ccc(-c3ccc(-c4ccccc4)s3)s2)c(C2=CC=CCC=C2)c2ccccc2c1-c1ccccc1. The highest BCUT2D eigenvalue weighted by Gasteiger charge is 2.19. The molecule has 0 radical (unpaired) electrons. The number of thiophene rings is 2. The third-order valence-corrected chi connectivity index (χ3v) is 10.7. The summed E-state index contributed by atoms with van der Waals surface area (Å²) >= 11 is 3.78. The largest absolute Gasteiger partial charge is 0.139 e. The molecule has 0 atom stereocenters. The van der Waals surface area contributed by atoms with E-state index < -0.39 is 0 Å². The third-order valence-electron chi connectivity index (χ3n) is 8.30. The highest BCUT2D eigenvalue weighted by Crippen LogP contribution is 2.41. The van der Waals surface area contributed by atoms with E-state index in [1.165, 1.54) is 69.2 Å². The highest BCUT2D eigenvalue weighted by atomic mass is 32.1.